The lowest BCUT2D eigenvalue weighted by Gasteiger charge is -2.37. The van der Waals surface area contributed by atoms with Crippen LogP contribution in [0.1, 0.15) is 28.0 Å². The number of alkyl halides is 4. The van der Waals surface area contributed by atoms with Gasteiger partial charge in [-0.3, -0.25) is 9.69 Å². The lowest BCUT2D eigenvalue weighted by atomic mass is 10.0. The number of fused-ring (bicyclic) bond motifs is 1. The number of rotatable bonds is 5. The van der Waals surface area contributed by atoms with Gasteiger partial charge in [0.05, 0.1) is 16.5 Å². The third kappa shape index (κ3) is 4.74. The molecule has 1 aliphatic rings. The number of nitrogens with zero attached hydrogens (tertiary/aromatic N) is 3. The van der Waals surface area contributed by atoms with Crippen LogP contribution in [0.15, 0.2) is 30.5 Å². The molecular formula is C21H20F4N4O2S. The minimum atomic E-state index is -4.43. The molecule has 4 rings (SSSR count). The van der Waals surface area contributed by atoms with Crippen LogP contribution < -0.4 is 5.73 Å². The quantitative estimate of drug-likeness (QED) is 0.571. The maximum absolute atomic E-state index is 13.2. The monoisotopic (exact) mass is 468 g/mol. The molecule has 0 aliphatic carbocycles. The Morgan fingerprint density at radius 3 is 2.75 bits per heavy atom. The average Bonchev–Trinajstić information content (AvgIpc) is 3.20. The van der Waals surface area contributed by atoms with Gasteiger partial charge in [0, 0.05) is 36.8 Å². The van der Waals surface area contributed by atoms with Crippen LogP contribution in [0, 0.1) is 0 Å². The summed E-state index contributed by atoms with van der Waals surface area (Å²) in [7, 11) is 0. The number of halogens is 4. The van der Waals surface area contributed by atoms with Crippen LogP contribution in [-0.4, -0.2) is 52.2 Å². The second-order valence-corrected chi connectivity index (χ2v) is 8.81. The first kappa shape index (κ1) is 22.6. The minimum Gasteiger partial charge on any atom is -0.364 e. The van der Waals surface area contributed by atoms with Crippen molar-refractivity contribution in [1.29, 1.82) is 0 Å². The number of ether oxygens (including phenoxy) is 1. The Labute approximate surface area is 185 Å². The molecule has 2 unspecified atom stereocenters. The van der Waals surface area contributed by atoms with Gasteiger partial charge in [-0.1, -0.05) is 12.1 Å². The molecule has 1 amide bonds. The van der Waals surface area contributed by atoms with Crippen LogP contribution in [0.2, 0.25) is 0 Å². The van der Waals surface area contributed by atoms with Crippen LogP contribution >= 0.6 is 11.3 Å². The molecule has 11 heteroatoms. The molecule has 1 fully saturated rings. The van der Waals surface area contributed by atoms with Crippen molar-refractivity contribution in [3.05, 3.63) is 46.7 Å². The van der Waals surface area contributed by atoms with Crippen LogP contribution in [0.25, 0.3) is 21.3 Å². The van der Waals surface area contributed by atoms with Crippen molar-refractivity contribution in [2.75, 3.05) is 13.1 Å². The summed E-state index contributed by atoms with van der Waals surface area (Å²) in [6.07, 6.45) is -5.30. The van der Waals surface area contributed by atoms with E-state index in [9.17, 15) is 22.4 Å². The summed E-state index contributed by atoms with van der Waals surface area (Å²) >= 11 is 1.16. The fourth-order valence-corrected chi connectivity index (χ4v) is 4.60. The van der Waals surface area contributed by atoms with E-state index in [1.165, 1.54) is 12.3 Å². The van der Waals surface area contributed by atoms with Gasteiger partial charge in [-0.15, -0.1) is 11.3 Å². The summed E-state index contributed by atoms with van der Waals surface area (Å²) in [6.45, 7) is 1.27. The fourth-order valence-electron chi connectivity index (χ4n) is 3.81. The predicted octanol–water partition coefficient (Wildman–Crippen LogP) is 4.08. The Morgan fingerprint density at radius 2 is 2.09 bits per heavy atom. The second-order valence-electron chi connectivity index (χ2n) is 7.69. The average molecular weight is 468 g/mol. The van der Waals surface area contributed by atoms with E-state index in [0.717, 1.165) is 16.9 Å². The fraction of sp³-hybridized carbons (Fsp3) is 0.381. The standard InChI is InChI=1S/C21H20F4N4O2S/c1-11-8-29(10-18(31-11)21(23,24)25)9-12-2-3-13-14(17-7-27-19(6-22)32-17)5-16(20(26)30)28-15(13)4-12/h2-5,7,11,18H,6,8-10H2,1H3,(H2,26,30). The highest BCUT2D eigenvalue weighted by Gasteiger charge is 2.44. The predicted molar refractivity (Wildman–Crippen MR) is 112 cm³/mol. The number of primary amides is 1. The molecule has 3 heterocycles. The number of carbonyl (C=O) groups is 1. The first-order valence-electron chi connectivity index (χ1n) is 9.83. The Balaban J connectivity index is 1.68. The van der Waals surface area contributed by atoms with Crippen molar-refractivity contribution in [3.8, 4) is 10.4 Å². The lowest BCUT2D eigenvalue weighted by Crippen LogP contribution is -2.51. The number of thiazole rings is 1. The smallest absolute Gasteiger partial charge is 0.364 e. The van der Waals surface area contributed by atoms with E-state index in [1.54, 1.807) is 30.0 Å². The van der Waals surface area contributed by atoms with E-state index >= 15 is 0 Å². The molecule has 2 atom stereocenters. The highest BCUT2D eigenvalue weighted by atomic mass is 32.1. The first-order valence-corrected chi connectivity index (χ1v) is 10.6. The number of morpholine rings is 1. The van der Waals surface area contributed by atoms with Gasteiger partial charge in [0.25, 0.3) is 5.91 Å². The van der Waals surface area contributed by atoms with Crippen molar-refractivity contribution >= 4 is 28.1 Å². The number of carbonyl (C=O) groups excluding carboxylic acids is 1. The van der Waals surface area contributed by atoms with Crippen molar-refractivity contribution in [1.82, 2.24) is 14.9 Å². The zero-order chi connectivity index (χ0) is 23.0. The molecule has 170 valence electrons. The van der Waals surface area contributed by atoms with E-state index in [4.69, 9.17) is 10.5 Å². The number of pyridine rings is 1. The maximum Gasteiger partial charge on any atom is 0.415 e. The summed E-state index contributed by atoms with van der Waals surface area (Å²) < 4.78 is 57.5. The first-order chi connectivity index (χ1) is 15.1. The van der Waals surface area contributed by atoms with E-state index in [2.05, 4.69) is 9.97 Å². The van der Waals surface area contributed by atoms with Gasteiger partial charge in [-0.25, -0.2) is 14.4 Å². The Morgan fingerprint density at radius 1 is 1.31 bits per heavy atom. The third-order valence-corrected chi connectivity index (χ3v) is 6.16. The van der Waals surface area contributed by atoms with E-state index in [0.29, 0.717) is 32.9 Å². The van der Waals surface area contributed by atoms with Crippen LogP contribution in [0.3, 0.4) is 0 Å². The minimum absolute atomic E-state index is 0.0389. The molecule has 0 spiro atoms. The Hall–Kier alpha value is -2.63. The molecule has 0 saturated carbocycles. The zero-order valence-corrected chi connectivity index (χ0v) is 17.8. The summed E-state index contributed by atoms with van der Waals surface area (Å²) in [5.74, 6) is -0.719. The van der Waals surface area contributed by atoms with Crippen molar-refractivity contribution in [3.63, 3.8) is 0 Å². The van der Waals surface area contributed by atoms with Gasteiger partial charge >= 0.3 is 6.18 Å². The van der Waals surface area contributed by atoms with E-state index in [-0.39, 0.29) is 18.8 Å². The summed E-state index contributed by atoms with van der Waals surface area (Å²) in [4.78, 5) is 22.5. The largest absolute Gasteiger partial charge is 0.415 e. The van der Waals surface area contributed by atoms with Gasteiger partial charge in [-0.2, -0.15) is 13.2 Å². The van der Waals surface area contributed by atoms with Crippen molar-refractivity contribution < 1.29 is 27.1 Å². The SMILES string of the molecule is CC1CN(Cc2ccc3c(-c4cnc(CF)s4)cc(C(N)=O)nc3c2)CC(C(F)(F)F)O1. The van der Waals surface area contributed by atoms with E-state index < -0.39 is 31.0 Å². The molecule has 32 heavy (non-hydrogen) atoms. The highest BCUT2D eigenvalue weighted by Crippen LogP contribution is 2.34. The number of hydrogen-bond donors (Lipinski definition) is 1. The van der Waals surface area contributed by atoms with E-state index in [1.807, 2.05) is 0 Å². The summed E-state index contributed by atoms with van der Waals surface area (Å²) in [5.41, 5.74) is 7.33. The second kappa shape index (κ2) is 8.72. The zero-order valence-electron chi connectivity index (χ0n) is 17.0. The molecule has 2 aromatic heterocycles. The number of hydrogen-bond acceptors (Lipinski definition) is 6. The normalized spacial score (nSPS) is 20.0. The molecule has 6 nitrogen and oxygen atoms in total. The number of aromatic nitrogens is 2. The van der Waals surface area contributed by atoms with Crippen molar-refractivity contribution in [2.24, 2.45) is 5.73 Å². The van der Waals surface area contributed by atoms with Crippen LogP contribution in [0.5, 0.6) is 0 Å². The lowest BCUT2D eigenvalue weighted by molar-refractivity contribution is -0.252. The van der Waals surface area contributed by atoms with Gasteiger partial charge in [0.15, 0.2) is 6.10 Å². The number of amides is 1. The third-order valence-electron chi connectivity index (χ3n) is 5.17. The van der Waals surface area contributed by atoms with Crippen LogP contribution in [0.4, 0.5) is 17.6 Å². The molecule has 2 N–H and O–H groups in total. The maximum atomic E-state index is 13.2. The molecule has 1 aromatic carbocycles. The Bertz CT molecular complexity index is 1150. The molecule has 0 bridgehead atoms. The molecule has 1 aliphatic heterocycles. The summed E-state index contributed by atoms with van der Waals surface area (Å²) in [6, 6.07) is 6.86. The van der Waals surface area contributed by atoms with Crippen LogP contribution in [-0.2, 0) is 18.0 Å². The molecule has 1 saturated heterocycles. The molecule has 3 aromatic rings. The molecule has 0 radical (unpaired) electrons. The van der Waals surface area contributed by atoms with Crippen molar-refractivity contribution in [2.45, 2.75) is 38.5 Å². The topological polar surface area (TPSA) is 81.3 Å². The summed E-state index contributed by atoms with van der Waals surface area (Å²) in [5, 5.41) is 1.01. The van der Waals surface area contributed by atoms with Gasteiger partial charge < -0.3 is 10.5 Å². The highest BCUT2D eigenvalue weighted by molar-refractivity contribution is 7.15. The molecular weight excluding hydrogens is 448 g/mol. The number of benzene rings is 1. The van der Waals surface area contributed by atoms with Gasteiger partial charge in [-0.05, 0) is 24.6 Å². The van der Waals surface area contributed by atoms with Gasteiger partial charge in [0.2, 0.25) is 0 Å². The Kier molecular flexibility index (Phi) is 6.15. The van der Waals surface area contributed by atoms with Gasteiger partial charge in [0.1, 0.15) is 17.4 Å². The number of nitrogens with two attached hydrogens (primary N) is 1.